The second kappa shape index (κ2) is 13.8. The van der Waals surface area contributed by atoms with E-state index in [4.69, 9.17) is 10.7 Å². The maximum absolute atomic E-state index is 13.0. The first-order valence-corrected chi connectivity index (χ1v) is 16.2. The quantitative estimate of drug-likeness (QED) is 0.211. The number of thiophene rings is 1. The van der Waals surface area contributed by atoms with Gasteiger partial charge in [-0.05, 0) is 72.5 Å². The van der Waals surface area contributed by atoms with E-state index < -0.39 is 6.04 Å². The fraction of sp³-hybridized carbons (Fsp3) is 0.371. The van der Waals surface area contributed by atoms with Crippen LogP contribution >= 0.6 is 11.3 Å². The number of anilines is 2. The third kappa shape index (κ3) is 7.34. The maximum Gasteiger partial charge on any atom is 0.293 e. The molecule has 0 radical (unpaired) electrons. The second-order valence-corrected chi connectivity index (χ2v) is 13.5. The number of amides is 2. The Morgan fingerprint density at radius 3 is 2.51 bits per heavy atom. The summed E-state index contributed by atoms with van der Waals surface area (Å²) in [5.41, 5.74) is 12.1. The van der Waals surface area contributed by atoms with Crippen LogP contribution in [0.5, 0.6) is 0 Å². The van der Waals surface area contributed by atoms with E-state index in [-0.39, 0.29) is 23.2 Å². The topological polar surface area (TPSA) is 122 Å². The molecule has 4 aromatic rings. The minimum atomic E-state index is -0.458. The molecule has 0 spiro atoms. The molecule has 0 fully saturated rings. The van der Waals surface area contributed by atoms with Gasteiger partial charge in [-0.1, -0.05) is 50.2 Å². The Hall–Kier alpha value is -4.28. The summed E-state index contributed by atoms with van der Waals surface area (Å²) in [6.07, 6.45) is 6.45. The summed E-state index contributed by atoms with van der Waals surface area (Å²) in [5.74, 6) is 0.216. The van der Waals surface area contributed by atoms with E-state index in [1.54, 1.807) is 32.2 Å². The number of carbonyl (C=O) groups is 2. The number of benzene rings is 2. The van der Waals surface area contributed by atoms with Crippen LogP contribution in [0.4, 0.5) is 11.5 Å². The number of fused-ring (bicyclic) bond motifs is 1. The molecule has 2 heterocycles. The van der Waals surface area contributed by atoms with Crippen molar-refractivity contribution in [3.8, 4) is 11.1 Å². The van der Waals surface area contributed by atoms with Crippen molar-refractivity contribution in [2.75, 3.05) is 26.0 Å². The Morgan fingerprint density at radius 1 is 1.09 bits per heavy atom. The zero-order chi connectivity index (χ0) is 32.2. The van der Waals surface area contributed by atoms with Crippen LogP contribution in [0.3, 0.4) is 0 Å². The lowest BCUT2D eigenvalue weighted by Crippen LogP contribution is -2.38. The summed E-state index contributed by atoms with van der Waals surface area (Å²) in [7, 11) is 5.22. The van der Waals surface area contributed by atoms with Gasteiger partial charge in [0.05, 0.1) is 10.6 Å². The number of nitrogens with one attached hydrogen (secondary N) is 2. The molecule has 0 aliphatic heterocycles. The van der Waals surface area contributed by atoms with Gasteiger partial charge in [-0.15, -0.1) is 11.3 Å². The van der Waals surface area contributed by atoms with Gasteiger partial charge < -0.3 is 25.8 Å². The Labute approximate surface area is 268 Å². The number of aryl methyl sites for hydroxylation is 2. The van der Waals surface area contributed by atoms with Crippen LogP contribution in [0.25, 0.3) is 11.1 Å². The molecule has 2 amide bonds. The number of carbonyl (C=O) groups excluding carboxylic acids is 2. The van der Waals surface area contributed by atoms with Gasteiger partial charge in [-0.2, -0.15) is 0 Å². The second-order valence-electron chi connectivity index (χ2n) is 12.4. The number of aromatic nitrogens is 2. The van der Waals surface area contributed by atoms with Crippen LogP contribution in [0, 0.1) is 5.92 Å². The molecule has 0 saturated heterocycles. The van der Waals surface area contributed by atoms with Gasteiger partial charge in [0.1, 0.15) is 6.04 Å². The van der Waals surface area contributed by atoms with Gasteiger partial charge in [0, 0.05) is 49.9 Å². The van der Waals surface area contributed by atoms with Crippen molar-refractivity contribution in [3.63, 3.8) is 0 Å². The average molecular weight is 627 g/mol. The van der Waals surface area contributed by atoms with Gasteiger partial charge in [-0.3, -0.25) is 14.4 Å². The van der Waals surface area contributed by atoms with Gasteiger partial charge in [0.2, 0.25) is 5.91 Å². The molecular weight excluding hydrogens is 584 g/mol. The van der Waals surface area contributed by atoms with Crippen LogP contribution < -0.4 is 21.9 Å². The number of primary amides is 1. The van der Waals surface area contributed by atoms with Crippen molar-refractivity contribution in [2.45, 2.75) is 52.0 Å². The highest BCUT2D eigenvalue weighted by molar-refractivity contribution is 7.14. The molecule has 0 saturated carbocycles. The number of likely N-dealkylation sites (N-methyl/N-ethyl adjacent to an activating group) is 1. The van der Waals surface area contributed by atoms with E-state index in [0.29, 0.717) is 29.4 Å². The Kier molecular flexibility index (Phi) is 9.84. The highest BCUT2D eigenvalue weighted by atomic mass is 32.1. The molecular formula is C35H42N6O3S. The number of nitrogens with zero attached hydrogens (tertiary/aromatic N) is 3. The molecule has 45 heavy (non-hydrogen) atoms. The standard InChI is InChI=1S/C35H42N6O3S/c1-21(2)19-37-30(34(43)40(3)4)23-13-15-25(16-14-23)38-33-35(44)41(5)20-26(39-33)18-22-9-8-10-24(17-22)29-27-11-6-7-12-28(27)45-31(29)32(36)42/h8-10,13-17,20-21,30,37H,6-7,11-12,18-19H2,1-5H3,(H2,36,42)(H,38,39)/t30-/m1/s1. The zero-order valence-corrected chi connectivity index (χ0v) is 27.5. The third-order valence-corrected chi connectivity index (χ3v) is 9.35. The summed E-state index contributed by atoms with van der Waals surface area (Å²) in [6.45, 7) is 4.92. The van der Waals surface area contributed by atoms with Crippen LogP contribution in [-0.2, 0) is 31.1 Å². The van der Waals surface area contributed by atoms with Gasteiger partial charge in [-0.25, -0.2) is 4.98 Å². The lowest BCUT2D eigenvalue weighted by atomic mass is 9.90. The number of hydrogen-bond acceptors (Lipinski definition) is 7. The predicted molar refractivity (Wildman–Crippen MR) is 181 cm³/mol. The summed E-state index contributed by atoms with van der Waals surface area (Å²) in [5, 5.41) is 6.55. The molecule has 1 aliphatic carbocycles. The van der Waals surface area contributed by atoms with E-state index in [0.717, 1.165) is 53.6 Å². The molecule has 9 nitrogen and oxygen atoms in total. The Morgan fingerprint density at radius 2 is 1.82 bits per heavy atom. The molecule has 10 heteroatoms. The maximum atomic E-state index is 13.0. The van der Waals surface area contributed by atoms with E-state index >= 15 is 0 Å². The van der Waals surface area contributed by atoms with E-state index in [2.05, 4.69) is 30.5 Å². The van der Waals surface area contributed by atoms with E-state index in [1.807, 2.05) is 42.5 Å². The molecule has 236 valence electrons. The third-order valence-electron chi connectivity index (χ3n) is 8.04. The molecule has 2 aromatic heterocycles. The largest absolute Gasteiger partial charge is 0.365 e. The molecule has 0 unspecified atom stereocenters. The van der Waals surface area contributed by atoms with Crippen molar-refractivity contribution in [1.29, 1.82) is 0 Å². The summed E-state index contributed by atoms with van der Waals surface area (Å²) < 4.78 is 1.53. The molecule has 2 aromatic carbocycles. The van der Waals surface area contributed by atoms with E-state index in [9.17, 15) is 14.4 Å². The normalized spacial score (nSPS) is 13.4. The molecule has 1 aliphatic rings. The van der Waals surface area contributed by atoms with Crippen LogP contribution in [0.15, 0.2) is 59.5 Å². The van der Waals surface area contributed by atoms with Crippen molar-refractivity contribution in [2.24, 2.45) is 18.7 Å². The first-order chi connectivity index (χ1) is 21.5. The fourth-order valence-electron chi connectivity index (χ4n) is 5.78. The zero-order valence-electron chi connectivity index (χ0n) is 26.6. The molecule has 4 N–H and O–H groups in total. The van der Waals surface area contributed by atoms with Crippen LogP contribution in [-0.4, -0.2) is 46.9 Å². The highest BCUT2D eigenvalue weighted by Gasteiger charge is 2.25. The average Bonchev–Trinajstić information content (AvgIpc) is 3.40. The van der Waals surface area contributed by atoms with Gasteiger partial charge in [0.15, 0.2) is 5.82 Å². The van der Waals surface area contributed by atoms with Crippen molar-refractivity contribution >= 4 is 34.7 Å². The SMILES string of the molecule is CC(C)CN[C@@H](C(=O)N(C)C)c1ccc(Nc2nc(Cc3cccc(-c4c(C(N)=O)sc5c4CCCC5)c3)cn(C)c2=O)cc1. The van der Waals surface area contributed by atoms with Crippen LogP contribution in [0.2, 0.25) is 0 Å². The fourth-order valence-corrected chi connectivity index (χ4v) is 7.05. The van der Waals surface area contributed by atoms with Crippen molar-refractivity contribution < 1.29 is 9.59 Å². The monoisotopic (exact) mass is 626 g/mol. The first-order valence-electron chi connectivity index (χ1n) is 15.4. The molecule has 5 rings (SSSR count). The summed E-state index contributed by atoms with van der Waals surface area (Å²) in [6, 6.07) is 15.2. The minimum absolute atomic E-state index is 0.0200. The van der Waals surface area contributed by atoms with Gasteiger partial charge >= 0.3 is 0 Å². The Balaban J connectivity index is 1.38. The lowest BCUT2D eigenvalue weighted by molar-refractivity contribution is -0.131. The molecule has 1 atom stereocenters. The summed E-state index contributed by atoms with van der Waals surface area (Å²) >= 11 is 1.53. The van der Waals surface area contributed by atoms with Gasteiger partial charge in [0.25, 0.3) is 11.5 Å². The smallest absolute Gasteiger partial charge is 0.293 e. The highest BCUT2D eigenvalue weighted by Crippen LogP contribution is 2.41. The minimum Gasteiger partial charge on any atom is -0.365 e. The first kappa shape index (κ1) is 32.1. The van der Waals surface area contributed by atoms with Crippen molar-refractivity contribution in [3.05, 3.63) is 97.2 Å². The van der Waals surface area contributed by atoms with Crippen LogP contribution in [0.1, 0.15) is 69.7 Å². The predicted octanol–water partition coefficient (Wildman–Crippen LogP) is 5.20. The molecule has 0 bridgehead atoms. The van der Waals surface area contributed by atoms with E-state index in [1.165, 1.54) is 26.3 Å². The van der Waals surface area contributed by atoms with Crippen molar-refractivity contribution in [1.82, 2.24) is 19.8 Å². The number of nitrogens with two attached hydrogens (primary N) is 1. The lowest BCUT2D eigenvalue weighted by Gasteiger charge is -2.23. The number of hydrogen-bond donors (Lipinski definition) is 3. The number of rotatable bonds is 11. The summed E-state index contributed by atoms with van der Waals surface area (Å²) in [4.78, 5) is 46.5. The Bertz CT molecular complexity index is 1760.